The molecule has 5 heteroatoms. The molecule has 0 spiro atoms. The molecule has 0 saturated carbocycles. The highest BCUT2D eigenvalue weighted by atomic mass is 16.6. The standard InChI is InChI=1S/C28H28O5/c1-18(2)20-10-14-23(15-11-20)26(29)32-25(22-8-6-5-7-9-22)28(31)33-27(30)24-16-12-21(13-17-24)19(3)4/h5-19,25H,1-4H3. The van der Waals surface area contributed by atoms with Crippen LogP contribution in [-0.2, 0) is 14.3 Å². The van der Waals surface area contributed by atoms with Gasteiger partial charge in [0.2, 0.25) is 6.10 Å². The maximum atomic E-state index is 12.9. The first-order valence-electron chi connectivity index (χ1n) is 11.0. The average molecular weight is 445 g/mol. The van der Waals surface area contributed by atoms with Crippen LogP contribution in [0.2, 0.25) is 0 Å². The molecule has 1 atom stereocenters. The highest BCUT2D eigenvalue weighted by molar-refractivity contribution is 5.99. The Labute approximate surface area is 194 Å². The summed E-state index contributed by atoms with van der Waals surface area (Å²) in [6.07, 6.45) is -1.37. The Morgan fingerprint density at radius 3 is 1.48 bits per heavy atom. The fourth-order valence-corrected chi connectivity index (χ4v) is 3.27. The van der Waals surface area contributed by atoms with Gasteiger partial charge in [0.05, 0.1) is 11.1 Å². The summed E-state index contributed by atoms with van der Waals surface area (Å²) in [4.78, 5) is 38.2. The SMILES string of the molecule is CC(C)c1ccc(C(=O)OC(=O)C(OC(=O)c2ccc(C(C)C)cc2)c2ccccc2)cc1. The molecule has 1 unspecified atom stereocenters. The van der Waals surface area contributed by atoms with Crippen molar-refractivity contribution in [3.8, 4) is 0 Å². The van der Waals surface area contributed by atoms with Crippen LogP contribution in [0, 0.1) is 0 Å². The first-order chi connectivity index (χ1) is 15.8. The minimum atomic E-state index is -1.37. The van der Waals surface area contributed by atoms with Crippen LogP contribution in [0.4, 0.5) is 0 Å². The molecule has 0 saturated heterocycles. The molecule has 0 radical (unpaired) electrons. The van der Waals surface area contributed by atoms with Crippen LogP contribution in [0.25, 0.3) is 0 Å². The lowest BCUT2D eigenvalue weighted by atomic mass is 10.0. The zero-order valence-electron chi connectivity index (χ0n) is 19.3. The molecule has 170 valence electrons. The van der Waals surface area contributed by atoms with Crippen LogP contribution >= 0.6 is 0 Å². The third-order valence-corrected chi connectivity index (χ3v) is 5.36. The molecular weight excluding hydrogens is 416 g/mol. The minimum absolute atomic E-state index is 0.246. The average Bonchev–Trinajstić information content (AvgIpc) is 2.82. The van der Waals surface area contributed by atoms with Crippen molar-refractivity contribution in [2.24, 2.45) is 0 Å². The van der Waals surface area contributed by atoms with E-state index in [4.69, 9.17) is 9.47 Å². The summed E-state index contributed by atoms with van der Waals surface area (Å²) in [6.45, 7) is 8.21. The zero-order valence-corrected chi connectivity index (χ0v) is 19.3. The van der Waals surface area contributed by atoms with Crippen LogP contribution in [0.1, 0.15) is 83.0 Å². The number of esters is 3. The van der Waals surface area contributed by atoms with Gasteiger partial charge in [0.15, 0.2) is 0 Å². The molecule has 3 aromatic carbocycles. The Balaban J connectivity index is 1.78. The van der Waals surface area contributed by atoms with Crippen molar-refractivity contribution >= 4 is 17.9 Å². The van der Waals surface area contributed by atoms with Gasteiger partial charge in [-0.15, -0.1) is 0 Å². The lowest BCUT2D eigenvalue weighted by molar-refractivity contribution is -0.148. The summed E-state index contributed by atoms with van der Waals surface area (Å²) >= 11 is 0. The molecule has 0 bridgehead atoms. The highest BCUT2D eigenvalue weighted by Gasteiger charge is 2.29. The summed E-state index contributed by atoms with van der Waals surface area (Å²) in [5.41, 5.74) is 3.12. The first kappa shape index (κ1) is 23.9. The molecule has 0 aromatic heterocycles. The van der Waals surface area contributed by atoms with Crippen molar-refractivity contribution < 1.29 is 23.9 Å². The molecular formula is C28H28O5. The van der Waals surface area contributed by atoms with E-state index >= 15 is 0 Å². The van der Waals surface area contributed by atoms with Crippen molar-refractivity contribution in [2.75, 3.05) is 0 Å². The molecule has 5 nitrogen and oxygen atoms in total. The van der Waals surface area contributed by atoms with Gasteiger partial charge in [0.25, 0.3) is 0 Å². The first-order valence-corrected chi connectivity index (χ1v) is 11.0. The monoisotopic (exact) mass is 444 g/mol. The second-order valence-electron chi connectivity index (χ2n) is 8.46. The maximum Gasteiger partial charge on any atom is 0.360 e. The molecule has 3 aromatic rings. The van der Waals surface area contributed by atoms with Gasteiger partial charge in [0, 0.05) is 5.56 Å². The fourth-order valence-electron chi connectivity index (χ4n) is 3.27. The molecule has 0 aliphatic heterocycles. The summed E-state index contributed by atoms with van der Waals surface area (Å²) in [6, 6.07) is 22.4. The Morgan fingerprint density at radius 2 is 1.03 bits per heavy atom. The van der Waals surface area contributed by atoms with Gasteiger partial charge < -0.3 is 9.47 Å². The van der Waals surface area contributed by atoms with Gasteiger partial charge in [-0.3, -0.25) is 0 Å². The van der Waals surface area contributed by atoms with E-state index in [9.17, 15) is 14.4 Å². The molecule has 0 aliphatic rings. The van der Waals surface area contributed by atoms with E-state index in [2.05, 4.69) is 13.8 Å². The second-order valence-corrected chi connectivity index (χ2v) is 8.46. The summed E-state index contributed by atoms with van der Waals surface area (Å²) < 4.78 is 10.6. The van der Waals surface area contributed by atoms with Crippen molar-refractivity contribution in [1.29, 1.82) is 0 Å². The smallest absolute Gasteiger partial charge is 0.360 e. The van der Waals surface area contributed by atoms with E-state index in [1.54, 1.807) is 54.6 Å². The van der Waals surface area contributed by atoms with Crippen LogP contribution < -0.4 is 0 Å². The van der Waals surface area contributed by atoms with Crippen molar-refractivity contribution in [3.05, 3.63) is 107 Å². The second kappa shape index (κ2) is 10.7. The third-order valence-electron chi connectivity index (χ3n) is 5.36. The van der Waals surface area contributed by atoms with Crippen molar-refractivity contribution in [3.63, 3.8) is 0 Å². The largest absolute Gasteiger partial charge is 0.442 e. The molecule has 0 heterocycles. The quantitative estimate of drug-likeness (QED) is 0.320. The van der Waals surface area contributed by atoms with Crippen LogP contribution in [0.5, 0.6) is 0 Å². The zero-order chi connectivity index (χ0) is 24.0. The molecule has 0 aliphatic carbocycles. The molecule has 0 fully saturated rings. The normalized spacial score (nSPS) is 11.8. The van der Waals surface area contributed by atoms with Gasteiger partial charge in [-0.1, -0.05) is 82.3 Å². The number of hydrogen-bond acceptors (Lipinski definition) is 5. The molecule has 0 N–H and O–H groups in total. The van der Waals surface area contributed by atoms with Crippen molar-refractivity contribution in [1.82, 2.24) is 0 Å². The Bertz CT molecular complexity index is 1100. The highest BCUT2D eigenvalue weighted by Crippen LogP contribution is 2.23. The summed E-state index contributed by atoms with van der Waals surface area (Å²) in [5, 5.41) is 0. The van der Waals surface area contributed by atoms with E-state index in [0.717, 1.165) is 11.1 Å². The molecule has 0 amide bonds. The minimum Gasteiger partial charge on any atom is -0.442 e. The number of carbonyl (C=O) groups is 3. The van der Waals surface area contributed by atoms with Gasteiger partial charge in [-0.2, -0.15) is 0 Å². The van der Waals surface area contributed by atoms with Gasteiger partial charge in [-0.25, -0.2) is 14.4 Å². The van der Waals surface area contributed by atoms with E-state index in [-0.39, 0.29) is 5.56 Å². The van der Waals surface area contributed by atoms with E-state index < -0.39 is 24.0 Å². The molecule has 3 rings (SSSR count). The van der Waals surface area contributed by atoms with Gasteiger partial charge in [0.1, 0.15) is 0 Å². The number of rotatable bonds is 7. The fraction of sp³-hybridized carbons (Fsp3) is 0.250. The van der Waals surface area contributed by atoms with Crippen molar-refractivity contribution in [2.45, 2.75) is 45.6 Å². The number of benzene rings is 3. The van der Waals surface area contributed by atoms with Crippen LogP contribution in [-0.4, -0.2) is 17.9 Å². The third kappa shape index (κ3) is 6.16. The maximum absolute atomic E-state index is 12.9. The lowest BCUT2D eigenvalue weighted by Crippen LogP contribution is -2.24. The van der Waals surface area contributed by atoms with E-state index in [0.29, 0.717) is 23.0 Å². The summed E-state index contributed by atoms with van der Waals surface area (Å²) in [5.74, 6) is -1.79. The van der Waals surface area contributed by atoms with Gasteiger partial charge >= 0.3 is 17.9 Å². The van der Waals surface area contributed by atoms with Crippen LogP contribution in [0.3, 0.4) is 0 Å². The van der Waals surface area contributed by atoms with Gasteiger partial charge in [-0.05, 0) is 47.2 Å². The van der Waals surface area contributed by atoms with E-state index in [1.807, 2.05) is 38.1 Å². The summed E-state index contributed by atoms with van der Waals surface area (Å²) in [7, 11) is 0. The number of ether oxygens (including phenoxy) is 2. The molecule has 33 heavy (non-hydrogen) atoms. The number of carbonyl (C=O) groups excluding carboxylic acids is 3. The predicted octanol–water partition coefficient (Wildman–Crippen LogP) is 6.22. The Morgan fingerprint density at radius 1 is 0.576 bits per heavy atom. The Hall–Kier alpha value is -3.73. The number of hydrogen-bond donors (Lipinski definition) is 0. The van der Waals surface area contributed by atoms with E-state index in [1.165, 1.54) is 0 Å². The predicted molar refractivity (Wildman–Crippen MR) is 126 cm³/mol. The lowest BCUT2D eigenvalue weighted by Gasteiger charge is -2.17. The topological polar surface area (TPSA) is 69.7 Å². The van der Waals surface area contributed by atoms with Crippen LogP contribution in [0.15, 0.2) is 78.9 Å². The Kier molecular flexibility index (Phi) is 7.78.